The number of hydrogen-bond donors (Lipinski definition) is 2. The minimum absolute atomic E-state index is 0.180. The van der Waals surface area contributed by atoms with E-state index in [1.165, 1.54) is 31.2 Å². The Labute approximate surface area is 126 Å². The molecule has 0 radical (unpaired) electrons. The van der Waals surface area contributed by atoms with Crippen molar-refractivity contribution in [3.63, 3.8) is 0 Å². The van der Waals surface area contributed by atoms with Gasteiger partial charge in [0, 0.05) is 16.3 Å². The second-order valence-electron chi connectivity index (χ2n) is 4.60. The minimum atomic E-state index is -0.717. The summed E-state index contributed by atoms with van der Waals surface area (Å²) >= 11 is 0. The Balaban J connectivity index is 2.20. The van der Waals surface area contributed by atoms with Crippen LogP contribution >= 0.6 is 0 Å². The van der Waals surface area contributed by atoms with Gasteiger partial charge in [0.25, 0.3) is 0 Å². The molecule has 0 unspecified atom stereocenters. The molecule has 6 nitrogen and oxygen atoms in total. The first-order chi connectivity index (χ1) is 10.4. The second-order valence-corrected chi connectivity index (χ2v) is 4.60. The maximum atomic E-state index is 12.0. The van der Waals surface area contributed by atoms with Crippen molar-refractivity contribution in [3.05, 3.63) is 48.0 Å². The van der Waals surface area contributed by atoms with E-state index in [0.717, 1.165) is 0 Å². The molecule has 0 amide bonds. The molecule has 0 aliphatic heterocycles. The third-order valence-corrected chi connectivity index (χ3v) is 2.96. The van der Waals surface area contributed by atoms with Crippen LogP contribution in [0.15, 0.2) is 42.5 Å². The number of ether oxygens (including phenoxy) is 2. The molecule has 0 spiro atoms. The molecule has 0 saturated carbocycles. The van der Waals surface area contributed by atoms with Crippen LogP contribution in [0.1, 0.15) is 17.3 Å². The van der Waals surface area contributed by atoms with Crippen LogP contribution < -0.4 is 0 Å². The van der Waals surface area contributed by atoms with Gasteiger partial charge >= 0.3 is 11.9 Å². The summed E-state index contributed by atoms with van der Waals surface area (Å²) in [6.07, 6.45) is 0. The summed E-state index contributed by atoms with van der Waals surface area (Å²) < 4.78 is 9.54. The van der Waals surface area contributed by atoms with Crippen molar-refractivity contribution in [2.45, 2.75) is 6.92 Å². The fourth-order valence-corrected chi connectivity index (χ4v) is 1.85. The Morgan fingerprint density at radius 1 is 1.09 bits per heavy atom. The largest absolute Gasteiger partial charge is 0.504 e. The minimum Gasteiger partial charge on any atom is -0.504 e. The summed E-state index contributed by atoms with van der Waals surface area (Å²) in [6.45, 7) is 4.34. The first-order valence-electron chi connectivity index (χ1n) is 6.35. The average molecular weight is 302 g/mol. The van der Waals surface area contributed by atoms with E-state index in [4.69, 9.17) is 4.74 Å². The van der Waals surface area contributed by atoms with Crippen LogP contribution in [0.4, 0.5) is 0 Å². The molecule has 114 valence electrons. The number of aromatic hydroxyl groups is 2. The summed E-state index contributed by atoms with van der Waals surface area (Å²) in [7, 11) is 0. The molecule has 2 rings (SSSR count). The molecule has 0 bridgehead atoms. The summed E-state index contributed by atoms with van der Waals surface area (Å²) in [5.41, 5.74) is 0.376. The number of hydrogen-bond acceptors (Lipinski definition) is 6. The van der Waals surface area contributed by atoms with Crippen LogP contribution in [0.3, 0.4) is 0 Å². The van der Waals surface area contributed by atoms with Crippen molar-refractivity contribution in [2.75, 3.05) is 6.79 Å². The molecule has 0 aliphatic carbocycles. The van der Waals surface area contributed by atoms with E-state index >= 15 is 0 Å². The summed E-state index contributed by atoms with van der Waals surface area (Å²) in [5, 5.41) is 20.0. The maximum absolute atomic E-state index is 12.0. The van der Waals surface area contributed by atoms with Crippen LogP contribution in [0.2, 0.25) is 0 Å². The van der Waals surface area contributed by atoms with Crippen LogP contribution in [0, 0.1) is 0 Å². The molecule has 2 aromatic rings. The Bertz CT molecular complexity index is 763. The number of carbonyl (C=O) groups excluding carboxylic acids is 2. The van der Waals surface area contributed by atoms with Crippen LogP contribution in [-0.4, -0.2) is 28.9 Å². The molecule has 0 atom stereocenters. The van der Waals surface area contributed by atoms with Gasteiger partial charge < -0.3 is 19.7 Å². The number of rotatable bonds is 4. The number of fused-ring (bicyclic) bond motifs is 1. The lowest BCUT2D eigenvalue weighted by Gasteiger charge is -2.09. The number of phenols is 2. The summed E-state index contributed by atoms with van der Waals surface area (Å²) in [4.78, 5) is 23.2. The van der Waals surface area contributed by atoms with Crippen molar-refractivity contribution >= 4 is 22.7 Å². The highest BCUT2D eigenvalue weighted by atomic mass is 16.7. The van der Waals surface area contributed by atoms with Crippen molar-refractivity contribution in [2.24, 2.45) is 0 Å². The van der Waals surface area contributed by atoms with Gasteiger partial charge in [-0.1, -0.05) is 18.7 Å². The van der Waals surface area contributed by atoms with E-state index in [1.807, 2.05) is 0 Å². The van der Waals surface area contributed by atoms with E-state index in [0.29, 0.717) is 10.8 Å². The van der Waals surface area contributed by atoms with Gasteiger partial charge in [-0.2, -0.15) is 0 Å². The highest BCUT2D eigenvalue weighted by molar-refractivity contribution is 6.06. The Morgan fingerprint density at radius 2 is 1.82 bits per heavy atom. The Kier molecular flexibility index (Phi) is 4.31. The predicted octanol–water partition coefficient (Wildman–Crippen LogP) is 2.48. The van der Waals surface area contributed by atoms with Gasteiger partial charge in [-0.15, -0.1) is 0 Å². The van der Waals surface area contributed by atoms with Crippen LogP contribution in [0.25, 0.3) is 10.8 Å². The summed E-state index contributed by atoms with van der Waals surface area (Å²) in [6, 6.07) is 7.36. The van der Waals surface area contributed by atoms with Gasteiger partial charge in [0.05, 0.1) is 5.56 Å². The SMILES string of the molecule is C=C(C)C(=O)OCOC(=O)c1cccc2c(O)c(O)ccc12. The molecule has 0 aliphatic rings. The molecule has 0 fully saturated rings. The average Bonchev–Trinajstić information content (AvgIpc) is 2.50. The molecule has 22 heavy (non-hydrogen) atoms. The molecule has 2 aromatic carbocycles. The quantitative estimate of drug-likeness (QED) is 0.390. The number of phenolic OH excluding ortho intramolecular Hbond substituents is 2. The maximum Gasteiger partial charge on any atom is 0.341 e. The zero-order chi connectivity index (χ0) is 16.3. The van der Waals surface area contributed by atoms with Gasteiger partial charge in [-0.25, -0.2) is 9.59 Å². The second kappa shape index (κ2) is 6.17. The van der Waals surface area contributed by atoms with Crippen LogP contribution in [-0.2, 0) is 14.3 Å². The van der Waals surface area contributed by atoms with Crippen molar-refractivity contribution in [3.8, 4) is 11.5 Å². The fourth-order valence-electron chi connectivity index (χ4n) is 1.85. The predicted molar refractivity (Wildman–Crippen MR) is 78.5 cm³/mol. The van der Waals surface area contributed by atoms with Gasteiger partial charge in [0.15, 0.2) is 11.5 Å². The van der Waals surface area contributed by atoms with Gasteiger partial charge in [0.2, 0.25) is 6.79 Å². The van der Waals surface area contributed by atoms with E-state index in [1.54, 1.807) is 6.07 Å². The molecule has 2 N–H and O–H groups in total. The molecular weight excluding hydrogens is 288 g/mol. The van der Waals surface area contributed by atoms with E-state index in [2.05, 4.69) is 11.3 Å². The lowest BCUT2D eigenvalue weighted by molar-refractivity contribution is -0.147. The highest BCUT2D eigenvalue weighted by Gasteiger charge is 2.15. The Hall–Kier alpha value is -3.02. The zero-order valence-electron chi connectivity index (χ0n) is 11.8. The zero-order valence-corrected chi connectivity index (χ0v) is 11.8. The molecule has 0 aromatic heterocycles. The molecule has 6 heteroatoms. The van der Waals surface area contributed by atoms with Crippen LogP contribution in [0.5, 0.6) is 11.5 Å². The third kappa shape index (κ3) is 3.01. The van der Waals surface area contributed by atoms with Gasteiger partial charge in [-0.05, 0) is 25.1 Å². The van der Waals surface area contributed by atoms with Gasteiger partial charge in [0.1, 0.15) is 0 Å². The van der Waals surface area contributed by atoms with E-state index < -0.39 is 18.7 Å². The monoisotopic (exact) mass is 302 g/mol. The van der Waals surface area contributed by atoms with E-state index in [9.17, 15) is 19.8 Å². The molecule has 0 heterocycles. The Morgan fingerprint density at radius 3 is 2.50 bits per heavy atom. The normalized spacial score (nSPS) is 10.2. The fraction of sp³-hybridized carbons (Fsp3) is 0.125. The smallest absolute Gasteiger partial charge is 0.341 e. The highest BCUT2D eigenvalue weighted by Crippen LogP contribution is 2.34. The number of esters is 2. The number of benzene rings is 2. The van der Waals surface area contributed by atoms with Crippen molar-refractivity contribution < 1.29 is 29.3 Å². The lowest BCUT2D eigenvalue weighted by Crippen LogP contribution is -2.13. The van der Waals surface area contributed by atoms with Gasteiger partial charge in [-0.3, -0.25) is 0 Å². The van der Waals surface area contributed by atoms with Crippen molar-refractivity contribution in [1.29, 1.82) is 0 Å². The summed E-state index contributed by atoms with van der Waals surface area (Å²) in [5.74, 6) is -1.98. The topological polar surface area (TPSA) is 93.1 Å². The standard InChI is InChI=1S/C16H14O6/c1-9(2)15(19)21-8-22-16(20)12-5-3-4-11-10(12)6-7-13(17)14(11)18/h3-7,17-18H,1,8H2,2H3. The first-order valence-corrected chi connectivity index (χ1v) is 6.35. The molecule has 0 saturated heterocycles. The van der Waals surface area contributed by atoms with E-state index in [-0.39, 0.29) is 22.6 Å². The number of carbonyl (C=O) groups is 2. The first kappa shape index (κ1) is 15.4. The third-order valence-electron chi connectivity index (χ3n) is 2.96. The van der Waals surface area contributed by atoms with Crippen molar-refractivity contribution in [1.82, 2.24) is 0 Å². The molecular formula is C16H14O6. The lowest BCUT2D eigenvalue weighted by atomic mass is 10.0.